The summed E-state index contributed by atoms with van der Waals surface area (Å²) in [6.45, 7) is 20.8. The summed E-state index contributed by atoms with van der Waals surface area (Å²) in [5, 5.41) is 12.6. The van der Waals surface area contributed by atoms with Gasteiger partial charge in [-0.15, -0.1) is 29.3 Å². The standard InChI is InChI=1S/C66H76N3O.Pt/c1-16-65(14,17-2)55-23-21-24-56(66(15,18-3)19-4)60(55)47-30-31-58(44(10)34-47)69-59-25-20-22-52(61(59)68-63(69)54-39-48(41(5)6)38-53(42(7)8)62(54)70)49-35-50(37-51(36-49)64(11,12)13)57-40-46(32-33-67-57)45-28-26-43(9)27-29-45;/h20-34,36-42,70H,16-19H2,1-15H3;/q-1;/i9D3,10D3,26D,27D,28D,29D,41D,42D;. The second kappa shape index (κ2) is 20.9. The van der Waals surface area contributed by atoms with Gasteiger partial charge in [-0.3, -0.25) is 9.55 Å². The Morgan fingerprint density at radius 2 is 1.34 bits per heavy atom. The SMILES string of the molecule is [2H]c1c([2H])c(C([2H])([2H])[2H])c([2H])c([2H])c1-c1ccnc(-c2[c-]c(-c3cccc4c3nc(-c3cc(C([2H])(C)C)cc(C([2H])(C)C)c3O)n4-c3ccc(-c4c(C(C)(CC)CC)cccc4C(C)(CC)CC)cc3C([2H])([2H])[2H])cc(C(C)(C)C)c2)c1.[Pt]. The molecule has 6 aromatic carbocycles. The Kier molecular flexibility index (Phi) is 11.5. The van der Waals surface area contributed by atoms with Gasteiger partial charge >= 0.3 is 0 Å². The van der Waals surface area contributed by atoms with Gasteiger partial charge in [0.1, 0.15) is 11.6 Å². The molecule has 0 aliphatic rings. The van der Waals surface area contributed by atoms with E-state index in [1.165, 1.54) is 6.20 Å². The maximum absolute atomic E-state index is 12.6. The zero-order valence-electron chi connectivity index (χ0n) is 55.7. The number of para-hydroxylation sites is 1. The van der Waals surface area contributed by atoms with Gasteiger partial charge in [-0.2, -0.15) is 0 Å². The van der Waals surface area contributed by atoms with Gasteiger partial charge in [-0.05, 0) is 148 Å². The zero-order chi connectivity index (χ0) is 60.8. The van der Waals surface area contributed by atoms with Crippen LogP contribution in [0.3, 0.4) is 0 Å². The Labute approximate surface area is 457 Å². The van der Waals surface area contributed by atoms with Crippen molar-refractivity contribution in [3.8, 4) is 67.5 Å². The number of aromatic nitrogens is 3. The van der Waals surface area contributed by atoms with Crippen LogP contribution in [0.1, 0.15) is 183 Å². The van der Waals surface area contributed by atoms with Crippen molar-refractivity contribution < 1.29 is 42.6 Å². The topological polar surface area (TPSA) is 50.9 Å². The van der Waals surface area contributed by atoms with Crippen molar-refractivity contribution in [1.82, 2.24) is 14.5 Å². The number of rotatable bonds is 14. The van der Waals surface area contributed by atoms with E-state index >= 15 is 0 Å². The van der Waals surface area contributed by atoms with Crippen LogP contribution in [0.4, 0.5) is 0 Å². The molecule has 0 aliphatic carbocycles. The molecule has 0 aliphatic heterocycles. The van der Waals surface area contributed by atoms with E-state index in [-0.39, 0.29) is 65.7 Å². The molecule has 0 fully saturated rings. The second-order valence-electron chi connectivity index (χ2n) is 21.0. The molecule has 0 saturated heterocycles. The van der Waals surface area contributed by atoms with Crippen molar-refractivity contribution in [3.05, 3.63) is 166 Å². The first-order valence-corrected chi connectivity index (χ1v) is 24.8. The normalized spacial score (nSPS) is 15.4. The molecule has 71 heavy (non-hydrogen) atoms. The molecule has 372 valence electrons. The first-order chi connectivity index (χ1) is 37.9. The number of hydrogen-bond donors (Lipinski definition) is 1. The quantitative estimate of drug-likeness (QED) is 0.110. The van der Waals surface area contributed by atoms with Crippen molar-refractivity contribution in [1.29, 1.82) is 0 Å². The van der Waals surface area contributed by atoms with Crippen LogP contribution in [-0.4, -0.2) is 19.6 Å². The number of phenolic OH excluding ortho intramolecular Hbond substituents is 1. The van der Waals surface area contributed by atoms with Gasteiger partial charge in [-0.25, -0.2) is 4.98 Å². The third-order valence-electron chi connectivity index (χ3n) is 15.1. The molecular formula is C66H76N3OPt-. The maximum Gasteiger partial charge on any atom is 0.148 e. The van der Waals surface area contributed by atoms with E-state index in [2.05, 4.69) is 86.6 Å². The molecule has 8 rings (SSSR count). The fourth-order valence-corrected chi connectivity index (χ4v) is 9.71. The second-order valence-corrected chi connectivity index (χ2v) is 21.0. The molecule has 0 unspecified atom stereocenters. The van der Waals surface area contributed by atoms with Crippen LogP contribution in [0.15, 0.2) is 121 Å². The van der Waals surface area contributed by atoms with Gasteiger partial charge in [0, 0.05) is 43.9 Å². The fraction of sp³-hybridized carbons (Fsp3) is 0.364. The smallest absolute Gasteiger partial charge is 0.148 e. The molecule has 4 nitrogen and oxygen atoms in total. The summed E-state index contributed by atoms with van der Waals surface area (Å²) >= 11 is 0. The minimum absolute atomic E-state index is 0. The van der Waals surface area contributed by atoms with Gasteiger partial charge in [0.05, 0.1) is 27.8 Å². The number of imidazole rings is 1. The van der Waals surface area contributed by atoms with Gasteiger partial charge in [0.15, 0.2) is 0 Å². The molecule has 0 atom stereocenters. The van der Waals surface area contributed by atoms with Crippen molar-refractivity contribution >= 4 is 11.0 Å². The molecular weight excluding hydrogens is 1050 g/mol. The van der Waals surface area contributed by atoms with Crippen LogP contribution in [0.2, 0.25) is 0 Å². The van der Waals surface area contributed by atoms with E-state index in [0.29, 0.717) is 50.2 Å². The Morgan fingerprint density at radius 1 is 0.690 bits per heavy atom. The molecule has 0 saturated carbocycles. The monoisotopic (exact) mass is 1130 g/mol. The maximum atomic E-state index is 12.6. The van der Waals surface area contributed by atoms with Gasteiger partial charge in [0.2, 0.25) is 0 Å². The van der Waals surface area contributed by atoms with Gasteiger partial charge < -0.3 is 5.11 Å². The molecule has 0 spiro atoms. The summed E-state index contributed by atoms with van der Waals surface area (Å²) in [5.74, 6) is -2.56. The van der Waals surface area contributed by atoms with Crippen molar-refractivity contribution in [2.75, 3.05) is 0 Å². The van der Waals surface area contributed by atoms with E-state index in [1.54, 1.807) is 56.5 Å². The predicted molar refractivity (Wildman–Crippen MR) is 299 cm³/mol. The van der Waals surface area contributed by atoms with Gasteiger partial charge in [-0.1, -0.05) is 179 Å². The number of aryl methyl sites for hydroxylation is 1. The Morgan fingerprint density at radius 3 is 1.93 bits per heavy atom. The average Bonchev–Trinajstić information content (AvgIpc) is 4.07. The first kappa shape index (κ1) is 39.0. The number of benzene rings is 6. The summed E-state index contributed by atoms with van der Waals surface area (Å²) in [5.41, 5.74) is 8.03. The summed E-state index contributed by atoms with van der Waals surface area (Å²) in [6.07, 6.45) is 4.97. The Hall–Kier alpha value is -5.57. The molecule has 0 amide bonds. The van der Waals surface area contributed by atoms with Crippen molar-refractivity contribution in [2.45, 2.75) is 157 Å². The zero-order valence-corrected chi connectivity index (χ0v) is 45.9. The van der Waals surface area contributed by atoms with E-state index in [9.17, 15) is 12.0 Å². The van der Waals surface area contributed by atoms with E-state index < -0.39 is 60.6 Å². The van der Waals surface area contributed by atoms with Crippen LogP contribution in [0.5, 0.6) is 5.75 Å². The largest absolute Gasteiger partial charge is 0.507 e. The summed E-state index contributed by atoms with van der Waals surface area (Å²) in [6, 6.07) is 29.7. The number of hydrogen-bond acceptors (Lipinski definition) is 3. The molecule has 2 aromatic heterocycles. The van der Waals surface area contributed by atoms with Gasteiger partial charge in [0.25, 0.3) is 0 Å². The molecule has 8 aromatic rings. The van der Waals surface area contributed by atoms with Crippen LogP contribution in [0, 0.1) is 19.8 Å². The van der Waals surface area contributed by atoms with Crippen LogP contribution < -0.4 is 0 Å². The Bertz CT molecular complexity index is 3710. The van der Waals surface area contributed by atoms with Crippen molar-refractivity contribution in [3.63, 3.8) is 0 Å². The number of fused-ring (bicyclic) bond motifs is 1. The third kappa shape index (κ3) is 10.1. The van der Waals surface area contributed by atoms with Crippen molar-refractivity contribution in [2.24, 2.45) is 0 Å². The van der Waals surface area contributed by atoms with E-state index in [0.717, 1.165) is 53.5 Å². The minimum atomic E-state index is -2.87. The van der Waals surface area contributed by atoms with E-state index in [4.69, 9.17) is 19.6 Å². The number of aromatic hydroxyl groups is 1. The minimum Gasteiger partial charge on any atom is -0.507 e. The molecule has 1 N–H and O–H groups in total. The summed E-state index contributed by atoms with van der Waals surface area (Å²) in [7, 11) is 0. The summed E-state index contributed by atoms with van der Waals surface area (Å²) < 4.78 is 107. The summed E-state index contributed by atoms with van der Waals surface area (Å²) in [4.78, 5) is 10.2. The molecule has 5 heteroatoms. The van der Waals surface area contributed by atoms with Crippen LogP contribution in [-0.2, 0) is 37.3 Å². The average molecular weight is 1130 g/mol. The molecule has 0 radical (unpaired) electrons. The van der Waals surface area contributed by atoms with E-state index in [1.807, 2.05) is 48.5 Å². The number of phenols is 1. The Balaban J connectivity index is 0.00000990. The number of nitrogens with zero attached hydrogens (tertiary/aromatic N) is 3. The van der Waals surface area contributed by atoms with Crippen LogP contribution in [0.25, 0.3) is 72.7 Å². The third-order valence-corrected chi connectivity index (χ3v) is 15.1. The molecule has 0 bridgehead atoms. The number of pyridine rings is 1. The molecule has 2 heterocycles. The van der Waals surface area contributed by atoms with Crippen LogP contribution >= 0.6 is 0 Å². The first-order valence-electron chi connectivity index (χ1n) is 30.8. The predicted octanol–water partition coefficient (Wildman–Crippen LogP) is 18.6. The fourth-order valence-electron chi connectivity index (χ4n) is 9.71.